The SMILES string of the molecule is CNC(=O)c1cc([N+](=O)[O-])ccc1NN. The highest BCUT2D eigenvalue weighted by Gasteiger charge is 2.14. The van der Waals surface area contributed by atoms with E-state index in [1.54, 1.807) is 0 Å². The first kappa shape index (κ1) is 10.9. The molecule has 0 saturated carbocycles. The van der Waals surface area contributed by atoms with Gasteiger partial charge in [-0.25, -0.2) is 0 Å². The smallest absolute Gasteiger partial charge is 0.270 e. The van der Waals surface area contributed by atoms with Crippen LogP contribution < -0.4 is 16.6 Å². The third-order valence-corrected chi connectivity index (χ3v) is 1.84. The number of anilines is 1. The van der Waals surface area contributed by atoms with Crippen molar-refractivity contribution in [1.29, 1.82) is 0 Å². The van der Waals surface area contributed by atoms with E-state index < -0.39 is 10.8 Å². The molecule has 80 valence electrons. The lowest BCUT2D eigenvalue weighted by molar-refractivity contribution is -0.384. The number of rotatable bonds is 3. The quantitative estimate of drug-likeness (QED) is 0.376. The molecule has 0 aliphatic carbocycles. The van der Waals surface area contributed by atoms with Gasteiger partial charge in [0.15, 0.2) is 0 Å². The number of nitrogens with zero attached hydrogens (tertiary/aromatic N) is 1. The number of carbonyl (C=O) groups is 1. The number of carbonyl (C=O) groups excluding carboxylic acids is 1. The molecule has 7 heteroatoms. The normalized spacial score (nSPS) is 9.47. The van der Waals surface area contributed by atoms with Crippen molar-refractivity contribution in [1.82, 2.24) is 5.32 Å². The lowest BCUT2D eigenvalue weighted by Gasteiger charge is -2.06. The van der Waals surface area contributed by atoms with E-state index in [-0.39, 0.29) is 11.3 Å². The maximum atomic E-state index is 11.3. The monoisotopic (exact) mass is 210 g/mol. The molecule has 0 heterocycles. The molecule has 1 aromatic rings. The van der Waals surface area contributed by atoms with Crippen LogP contribution in [-0.4, -0.2) is 17.9 Å². The van der Waals surface area contributed by atoms with Gasteiger partial charge in [0.1, 0.15) is 0 Å². The number of hydrogen-bond acceptors (Lipinski definition) is 5. The maximum Gasteiger partial charge on any atom is 0.270 e. The van der Waals surface area contributed by atoms with Gasteiger partial charge in [0, 0.05) is 19.2 Å². The summed E-state index contributed by atoms with van der Waals surface area (Å²) in [5.41, 5.74) is 2.60. The van der Waals surface area contributed by atoms with E-state index >= 15 is 0 Å². The number of nitrogens with two attached hydrogens (primary N) is 1. The van der Waals surface area contributed by atoms with E-state index in [1.165, 1.54) is 19.2 Å². The maximum absolute atomic E-state index is 11.3. The number of nitro benzene ring substituents is 1. The third kappa shape index (κ3) is 2.20. The van der Waals surface area contributed by atoms with Crippen LogP contribution in [0.4, 0.5) is 11.4 Å². The Kier molecular flexibility index (Phi) is 3.19. The molecule has 7 nitrogen and oxygen atoms in total. The summed E-state index contributed by atoms with van der Waals surface area (Å²) in [7, 11) is 1.43. The molecule has 1 aromatic carbocycles. The van der Waals surface area contributed by atoms with Crippen molar-refractivity contribution >= 4 is 17.3 Å². The minimum absolute atomic E-state index is 0.134. The second-order valence-corrected chi connectivity index (χ2v) is 2.71. The largest absolute Gasteiger partial charge is 0.355 e. The number of hydrogen-bond donors (Lipinski definition) is 3. The summed E-state index contributed by atoms with van der Waals surface area (Å²) >= 11 is 0. The molecule has 0 aliphatic rings. The van der Waals surface area contributed by atoms with Crippen LogP contribution in [0.1, 0.15) is 10.4 Å². The molecule has 0 fully saturated rings. The Labute approximate surface area is 85.4 Å². The second kappa shape index (κ2) is 4.38. The molecule has 1 rings (SSSR count). The van der Waals surface area contributed by atoms with Gasteiger partial charge in [0.2, 0.25) is 0 Å². The molecule has 0 spiro atoms. The van der Waals surface area contributed by atoms with Gasteiger partial charge in [-0.2, -0.15) is 0 Å². The fourth-order valence-electron chi connectivity index (χ4n) is 1.09. The minimum atomic E-state index is -0.577. The summed E-state index contributed by atoms with van der Waals surface area (Å²) in [4.78, 5) is 21.2. The zero-order valence-electron chi connectivity index (χ0n) is 7.98. The van der Waals surface area contributed by atoms with Crippen molar-refractivity contribution in [3.05, 3.63) is 33.9 Å². The van der Waals surface area contributed by atoms with E-state index in [4.69, 9.17) is 5.84 Å². The standard InChI is InChI=1S/C8H10N4O3/c1-10-8(13)6-4-5(12(14)15)2-3-7(6)11-9/h2-4,11H,9H2,1H3,(H,10,13). The Morgan fingerprint density at radius 1 is 1.53 bits per heavy atom. The summed E-state index contributed by atoms with van der Waals surface area (Å²) in [5.74, 6) is 4.73. The highest BCUT2D eigenvalue weighted by molar-refractivity contribution is 6.00. The van der Waals surface area contributed by atoms with Gasteiger partial charge in [-0.15, -0.1) is 0 Å². The second-order valence-electron chi connectivity index (χ2n) is 2.71. The fraction of sp³-hybridized carbons (Fsp3) is 0.125. The van der Waals surface area contributed by atoms with E-state index in [0.29, 0.717) is 5.69 Å². The average Bonchev–Trinajstić information content (AvgIpc) is 2.27. The Balaban J connectivity index is 3.25. The molecule has 0 radical (unpaired) electrons. The number of benzene rings is 1. The van der Waals surface area contributed by atoms with Gasteiger partial charge in [-0.1, -0.05) is 0 Å². The molecule has 0 bridgehead atoms. The van der Waals surface area contributed by atoms with Crippen molar-refractivity contribution in [3.63, 3.8) is 0 Å². The first-order chi connectivity index (χ1) is 7.10. The summed E-state index contributed by atoms with van der Waals surface area (Å²) in [6, 6.07) is 3.80. The van der Waals surface area contributed by atoms with Gasteiger partial charge >= 0.3 is 0 Å². The van der Waals surface area contributed by atoms with Crippen LogP contribution in [0.2, 0.25) is 0 Å². The Morgan fingerprint density at radius 2 is 2.20 bits per heavy atom. The van der Waals surface area contributed by atoms with Crippen molar-refractivity contribution in [2.45, 2.75) is 0 Å². The van der Waals surface area contributed by atoms with Crippen LogP contribution >= 0.6 is 0 Å². The molecule has 4 N–H and O–H groups in total. The molecule has 0 aromatic heterocycles. The van der Waals surface area contributed by atoms with Gasteiger partial charge in [-0.3, -0.25) is 20.8 Å². The van der Waals surface area contributed by atoms with Gasteiger partial charge in [-0.05, 0) is 6.07 Å². The summed E-state index contributed by atoms with van der Waals surface area (Å²) in [5, 5.41) is 12.9. The Bertz CT molecular complexity index is 405. The lowest BCUT2D eigenvalue weighted by Crippen LogP contribution is -2.21. The molecular weight excluding hydrogens is 200 g/mol. The van der Waals surface area contributed by atoms with Gasteiger partial charge in [0.05, 0.1) is 16.2 Å². The van der Waals surface area contributed by atoms with Gasteiger partial charge in [0.25, 0.3) is 11.6 Å². The highest BCUT2D eigenvalue weighted by Crippen LogP contribution is 2.21. The Hall–Kier alpha value is -2.15. The predicted octanol–water partition coefficient (Wildman–Crippen LogP) is 0.240. The average molecular weight is 210 g/mol. The van der Waals surface area contributed by atoms with Crippen molar-refractivity contribution in [3.8, 4) is 0 Å². The topological polar surface area (TPSA) is 110 Å². The van der Waals surface area contributed by atoms with Gasteiger partial charge < -0.3 is 10.7 Å². The van der Waals surface area contributed by atoms with Crippen LogP contribution in [0, 0.1) is 10.1 Å². The van der Waals surface area contributed by atoms with Crippen molar-refractivity contribution in [2.75, 3.05) is 12.5 Å². The molecule has 0 aliphatic heterocycles. The van der Waals surface area contributed by atoms with E-state index in [0.717, 1.165) is 6.07 Å². The lowest BCUT2D eigenvalue weighted by atomic mass is 10.1. The number of hydrazine groups is 1. The molecule has 0 saturated heterocycles. The molecule has 15 heavy (non-hydrogen) atoms. The predicted molar refractivity (Wildman–Crippen MR) is 54.3 cm³/mol. The highest BCUT2D eigenvalue weighted by atomic mass is 16.6. The first-order valence-corrected chi connectivity index (χ1v) is 4.07. The summed E-state index contributed by atoms with van der Waals surface area (Å²) in [6.45, 7) is 0. The van der Waals surface area contributed by atoms with Crippen LogP contribution in [-0.2, 0) is 0 Å². The number of nitro groups is 1. The fourth-order valence-corrected chi connectivity index (χ4v) is 1.09. The Morgan fingerprint density at radius 3 is 2.67 bits per heavy atom. The third-order valence-electron chi connectivity index (χ3n) is 1.84. The molecular formula is C8H10N4O3. The number of amides is 1. The van der Waals surface area contributed by atoms with E-state index in [1.807, 2.05) is 0 Å². The van der Waals surface area contributed by atoms with Crippen LogP contribution in [0.25, 0.3) is 0 Å². The zero-order valence-corrected chi connectivity index (χ0v) is 7.98. The molecule has 0 unspecified atom stereocenters. The number of non-ortho nitro benzene ring substituents is 1. The number of nitrogen functional groups attached to an aromatic ring is 1. The van der Waals surface area contributed by atoms with Crippen molar-refractivity contribution in [2.24, 2.45) is 5.84 Å². The van der Waals surface area contributed by atoms with Crippen molar-refractivity contribution < 1.29 is 9.72 Å². The minimum Gasteiger partial charge on any atom is -0.355 e. The summed E-state index contributed by atoms with van der Waals surface area (Å²) in [6.07, 6.45) is 0. The van der Waals surface area contributed by atoms with Crippen LogP contribution in [0.3, 0.4) is 0 Å². The number of nitrogens with one attached hydrogen (secondary N) is 2. The first-order valence-electron chi connectivity index (χ1n) is 4.07. The zero-order chi connectivity index (χ0) is 11.4. The van der Waals surface area contributed by atoms with Crippen LogP contribution in [0.5, 0.6) is 0 Å². The molecule has 1 amide bonds. The van der Waals surface area contributed by atoms with E-state index in [2.05, 4.69) is 10.7 Å². The van der Waals surface area contributed by atoms with Crippen LogP contribution in [0.15, 0.2) is 18.2 Å². The summed E-state index contributed by atoms with van der Waals surface area (Å²) < 4.78 is 0. The molecule has 0 atom stereocenters. The van der Waals surface area contributed by atoms with E-state index in [9.17, 15) is 14.9 Å².